The van der Waals surface area contributed by atoms with E-state index >= 15 is 0 Å². The van der Waals surface area contributed by atoms with Crippen molar-refractivity contribution in [2.45, 2.75) is 13.8 Å². The summed E-state index contributed by atoms with van der Waals surface area (Å²) < 4.78 is 24.0. The zero-order valence-electron chi connectivity index (χ0n) is 12.1. The van der Waals surface area contributed by atoms with Crippen LogP contribution < -0.4 is 9.47 Å². The molecule has 0 fully saturated rings. The lowest BCUT2D eigenvalue weighted by Crippen LogP contribution is -2.13. The number of halogens is 1. The number of para-hydroxylation sites is 1. The molecule has 21 heavy (non-hydrogen) atoms. The Balaban J connectivity index is 2.06. The fourth-order valence-electron chi connectivity index (χ4n) is 1.91. The average molecular weight is 288 g/mol. The number of aryl methyl sites for hydroxylation is 1. The third-order valence-electron chi connectivity index (χ3n) is 2.99. The number of ketones is 1. The number of hydrogen-bond donors (Lipinski definition) is 0. The van der Waals surface area contributed by atoms with E-state index in [0.717, 1.165) is 0 Å². The van der Waals surface area contributed by atoms with Gasteiger partial charge in [-0.2, -0.15) is 0 Å². The van der Waals surface area contributed by atoms with Gasteiger partial charge in [0.25, 0.3) is 0 Å². The minimum absolute atomic E-state index is 0.116. The molecule has 0 spiro atoms. The van der Waals surface area contributed by atoms with Gasteiger partial charge in [-0.15, -0.1) is 0 Å². The molecule has 0 aliphatic heterocycles. The van der Waals surface area contributed by atoms with Crippen LogP contribution in [0.3, 0.4) is 0 Å². The monoisotopic (exact) mass is 288 g/mol. The van der Waals surface area contributed by atoms with Crippen molar-refractivity contribution in [3.63, 3.8) is 0 Å². The Hall–Kier alpha value is -2.36. The predicted octanol–water partition coefficient (Wildman–Crippen LogP) is 3.79. The first-order chi connectivity index (χ1) is 10.1. The summed E-state index contributed by atoms with van der Waals surface area (Å²) in [4.78, 5) is 12.2. The maximum Gasteiger partial charge on any atom is 0.203 e. The SMILES string of the molecule is CCOc1ccccc1C(=O)COc1ccc(F)c(C)c1. The van der Waals surface area contributed by atoms with Gasteiger partial charge in [0.05, 0.1) is 12.2 Å². The van der Waals surface area contributed by atoms with E-state index in [1.54, 1.807) is 31.2 Å². The second-order valence-corrected chi connectivity index (χ2v) is 4.55. The summed E-state index contributed by atoms with van der Waals surface area (Å²) in [5.74, 6) is 0.538. The molecule has 2 rings (SSSR count). The van der Waals surface area contributed by atoms with E-state index in [9.17, 15) is 9.18 Å². The van der Waals surface area contributed by atoms with E-state index < -0.39 is 0 Å². The molecule has 110 valence electrons. The van der Waals surface area contributed by atoms with E-state index in [-0.39, 0.29) is 18.2 Å². The van der Waals surface area contributed by atoms with Crippen LogP contribution in [-0.4, -0.2) is 19.0 Å². The lowest BCUT2D eigenvalue weighted by atomic mass is 10.1. The van der Waals surface area contributed by atoms with Crippen molar-refractivity contribution in [2.75, 3.05) is 13.2 Å². The van der Waals surface area contributed by atoms with Crippen LogP contribution in [0.15, 0.2) is 42.5 Å². The third-order valence-corrected chi connectivity index (χ3v) is 2.99. The first-order valence-electron chi connectivity index (χ1n) is 6.75. The Morgan fingerprint density at radius 3 is 2.62 bits per heavy atom. The topological polar surface area (TPSA) is 35.5 Å². The average Bonchev–Trinajstić information content (AvgIpc) is 2.49. The van der Waals surface area contributed by atoms with Gasteiger partial charge in [0.1, 0.15) is 17.3 Å². The number of Topliss-reactive ketones (excluding diaryl/α,β-unsaturated/α-hetero) is 1. The standard InChI is InChI=1S/C17H17FO3/c1-3-20-17-7-5-4-6-14(17)16(19)11-21-13-8-9-15(18)12(2)10-13/h4-10H,3,11H2,1-2H3. The van der Waals surface area contributed by atoms with Crippen molar-refractivity contribution in [1.29, 1.82) is 0 Å². The Kier molecular flexibility index (Phi) is 4.93. The van der Waals surface area contributed by atoms with Crippen LogP contribution in [0.1, 0.15) is 22.8 Å². The molecule has 0 heterocycles. The summed E-state index contributed by atoms with van der Waals surface area (Å²) >= 11 is 0. The fraction of sp³-hybridized carbons (Fsp3) is 0.235. The molecule has 0 radical (unpaired) electrons. The minimum atomic E-state index is -0.296. The van der Waals surface area contributed by atoms with E-state index in [2.05, 4.69) is 0 Å². The molecule has 0 unspecified atom stereocenters. The van der Waals surface area contributed by atoms with E-state index in [1.165, 1.54) is 12.1 Å². The fourth-order valence-corrected chi connectivity index (χ4v) is 1.91. The van der Waals surface area contributed by atoms with Crippen molar-refractivity contribution >= 4 is 5.78 Å². The highest BCUT2D eigenvalue weighted by atomic mass is 19.1. The third kappa shape index (κ3) is 3.81. The molecule has 2 aromatic rings. The smallest absolute Gasteiger partial charge is 0.203 e. The van der Waals surface area contributed by atoms with Crippen LogP contribution in [0, 0.1) is 12.7 Å². The molecule has 0 saturated heterocycles. The number of carbonyl (C=O) groups excluding carboxylic acids is 1. The Morgan fingerprint density at radius 1 is 1.14 bits per heavy atom. The number of carbonyl (C=O) groups is 1. The van der Waals surface area contributed by atoms with Gasteiger partial charge in [-0.1, -0.05) is 12.1 Å². The molecule has 4 heteroatoms. The Morgan fingerprint density at radius 2 is 1.90 bits per heavy atom. The number of benzene rings is 2. The first-order valence-corrected chi connectivity index (χ1v) is 6.75. The molecule has 0 aliphatic carbocycles. The Bertz CT molecular complexity index is 638. The predicted molar refractivity (Wildman–Crippen MR) is 78.6 cm³/mol. The van der Waals surface area contributed by atoms with E-state index in [0.29, 0.717) is 29.2 Å². The number of ether oxygens (including phenoxy) is 2. The summed E-state index contributed by atoms with van der Waals surface area (Å²) in [6, 6.07) is 11.4. The van der Waals surface area contributed by atoms with Crippen molar-refractivity contribution in [3.05, 3.63) is 59.4 Å². The highest BCUT2D eigenvalue weighted by Gasteiger charge is 2.12. The first kappa shape index (κ1) is 15.0. The lowest BCUT2D eigenvalue weighted by Gasteiger charge is -2.10. The van der Waals surface area contributed by atoms with Gasteiger partial charge >= 0.3 is 0 Å². The highest BCUT2D eigenvalue weighted by molar-refractivity contribution is 5.99. The summed E-state index contributed by atoms with van der Waals surface area (Å²) in [6.45, 7) is 3.88. The zero-order valence-corrected chi connectivity index (χ0v) is 12.1. The van der Waals surface area contributed by atoms with Crippen LogP contribution in [-0.2, 0) is 0 Å². The molecular weight excluding hydrogens is 271 g/mol. The van der Waals surface area contributed by atoms with Gasteiger partial charge < -0.3 is 9.47 Å². The molecule has 0 amide bonds. The number of rotatable bonds is 6. The van der Waals surface area contributed by atoms with Crippen LogP contribution in [0.25, 0.3) is 0 Å². The molecule has 2 aromatic carbocycles. The molecule has 0 atom stereocenters. The quantitative estimate of drug-likeness (QED) is 0.759. The van der Waals surface area contributed by atoms with Gasteiger partial charge in [-0.25, -0.2) is 4.39 Å². The van der Waals surface area contributed by atoms with Crippen molar-refractivity contribution < 1.29 is 18.7 Å². The minimum Gasteiger partial charge on any atom is -0.493 e. The summed E-state index contributed by atoms with van der Waals surface area (Å²) in [6.07, 6.45) is 0. The molecule has 0 aromatic heterocycles. The summed E-state index contributed by atoms with van der Waals surface area (Å²) in [5, 5.41) is 0. The molecule has 0 bridgehead atoms. The van der Waals surface area contributed by atoms with Gasteiger partial charge in [-0.3, -0.25) is 4.79 Å². The van der Waals surface area contributed by atoms with Crippen LogP contribution >= 0.6 is 0 Å². The largest absolute Gasteiger partial charge is 0.493 e. The summed E-state index contributed by atoms with van der Waals surface area (Å²) in [7, 11) is 0. The van der Waals surface area contributed by atoms with E-state index in [1.807, 2.05) is 13.0 Å². The molecular formula is C17H17FO3. The lowest BCUT2D eigenvalue weighted by molar-refractivity contribution is 0.0917. The maximum absolute atomic E-state index is 13.2. The van der Waals surface area contributed by atoms with Gasteiger partial charge in [-0.05, 0) is 49.7 Å². The van der Waals surface area contributed by atoms with Gasteiger partial charge in [0.2, 0.25) is 5.78 Å². The zero-order chi connectivity index (χ0) is 15.2. The van der Waals surface area contributed by atoms with E-state index in [4.69, 9.17) is 9.47 Å². The molecule has 0 aliphatic rings. The van der Waals surface area contributed by atoms with Crippen molar-refractivity contribution in [1.82, 2.24) is 0 Å². The van der Waals surface area contributed by atoms with Crippen LogP contribution in [0.4, 0.5) is 4.39 Å². The maximum atomic E-state index is 13.2. The second kappa shape index (κ2) is 6.88. The highest BCUT2D eigenvalue weighted by Crippen LogP contribution is 2.20. The second-order valence-electron chi connectivity index (χ2n) is 4.55. The Labute approximate surface area is 123 Å². The molecule has 0 saturated carbocycles. The summed E-state index contributed by atoms with van der Waals surface area (Å²) in [5.41, 5.74) is 0.966. The van der Waals surface area contributed by atoms with Crippen molar-refractivity contribution in [2.24, 2.45) is 0 Å². The van der Waals surface area contributed by atoms with Gasteiger partial charge in [0, 0.05) is 0 Å². The van der Waals surface area contributed by atoms with Crippen molar-refractivity contribution in [3.8, 4) is 11.5 Å². The van der Waals surface area contributed by atoms with Crippen LogP contribution in [0.2, 0.25) is 0 Å². The normalized spacial score (nSPS) is 10.2. The van der Waals surface area contributed by atoms with Gasteiger partial charge in [0.15, 0.2) is 6.61 Å². The molecule has 0 N–H and O–H groups in total. The number of hydrogen-bond acceptors (Lipinski definition) is 3. The van der Waals surface area contributed by atoms with Crippen LogP contribution in [0.5, 0.6) is 11.5 Å². The molecule has 3 nitrogen and oxygen atoms in total.